The summed E-state index contributed by atoms with van der Waals surface area (Å²) in [6.45, 7) is 3.27. The van der Waals surface area contributed by atoms with Gasteiger partial charge in [-0.25, -0.2) is 4.98 Å². The number of thioether (sulfide) groups is 1. The number of aromatic nitrogens is 1. The van der Waals surface area contributed by atoms with Crippen molar-refractivity contribution in [3.63, 3.8) is 0 Å². The first-order valence-corrected chi connectivity index (χ1v) is 9.62. The van der Waals surface area contributed by atoms with E-state index in [0.717, 1.165) is 59.0 Å². The number of ether oxygens (including phenoxy) is 1. The molecule has 1 unspecified atom stereocenters. The second-order valence-corrected chi connectivity index (χ2v) is 7.58. The number of nitrogens with one attached hydrogen (secondary N) is 2. The number of morpholine rings is 1. The predicted molar refractivity (Wildman–Crippen MR) is 95.5 cm³/mol. The van der Waals surface area contributed by atoms with Crippen molar-refractivity contribution in [1.29, 1.82) is 0 Å². The SMILES string of the molecule is O=C(Nc1ccc2nc(N3CCOCC3)sc2c1)C1CSCN1. The molecule has 2 fully saturated rings. The first kappa shape index (κ1) is 15.2. The van der Waals surface area contributed by atoms with Gasteiger partial charge in [0.15, 0.2) is 5.13 Å². The first-order chi connectivity index (χ1) is 11.3. The number of hydrogen-bond acceptors (Lipinski definition) is 7. The van der Waals surface area contributed by atoms with E-state index in [2.05, 4.69) is 15.5 Å². The minimum absolute atomic E-state index is 0.0345. The molecule has 4 rings (SSSR count). The van der Waals surface area contributed by atoms with Crippen LogP contribution in [0.4, 0.5) is 10.8 Å². The standard InChI is InChI=1S/C15H18N4O2S2/c20-14(12-8-22-9-16-12)17-10-1-2-11-13(7-10)23-15(18-11)19-3-5-21-6-4-19/h1-2,7,12,16H,3-6,8-9H2,(H,17,20). The van der Waals surface area contributed by atoms with Crippen LogP contribution in [-0.4, -0.2) is 54.9 Å². The van der Waals surface area contributed by atoms with Gasteiger partial charge in [0.1, 0.15) is 0 Å². The zero-order chi connectivity index (χ0) is 15.6. The molecule has 2 saturated heterocycles. The molecule has 2 aromatic rings. The number of hydrogen-bond donors (Lipinski definition) is 2. The molecule has 1 aromatic carbocycles. The summed E-state index contributed by atoms with van der Waals surface area (Å²) in [7, 11) is 0. The number of nitrogens with zero attached hydrogens (tertiary/aromatic N) is 2. The van der Waals surface area contributed by atoms with Crippen molar-refractivity contribution in [2.24, 2.45) is 0 Å². The molecule has 8 heteroatoms. The molecule has 2 N–H and O–H groups in total. The van der Waals surface area contributed by atoms with Gasteiger partial charge < -0.3 is 15.0 Å². The normalized spacial score (nSPS) is 21.7. The number of thiazole rings is 1. The monoisotopic (exact) mass is 350 g/mol. The topological polar surface area (TPSA) is 66.5 Å². The van der Waals surface area contributed by atoms with Crippen LogP contribution < -0.4 is 15.5 Å². The molecular formula is C15H18N4O2S2. The Morgan fingerprint density at radius 3 is 3.04 bits per heavy atom. The smallest absolute Gasteiger partial charge is 0.242 e. The molecule has 0 saturated carbocycles. The van der Waals surface area contributed by atoms with E-state index >= 15 is 0 Å². The van der Waals surface area contributed by atoms with E-state index in [-0.39, 0.29) is 11.9 Å². The van der Waals surface area contributed by atoms with Crippen molar-refractivity contribution in [3.05, 3.63) is 18.2 Å². The molecule has 1 aromatic heterocycles. The Morgan fingerprint density at radius 1 is 1.39 bits per heavy atom. The maximum Gasteiger partial charge on any atom is 0.242 e. The van der Waals surface area contributed by atoms with Gasteiger partial charge in [-0.2, -0.15) is 0 Å². The fraction of sp³-hybridized carbons (Fsp3) is 0.467. The van der Waals surface area contributed by atoms with E-state index in [1.54, 1.807) is 23.1 Å². The van der Waals surface area contributed by atoms with Crippen LogP contribution in [0.25, 0.3) is 10.2 Å². The van der Waals surface area contributed by atoms with Gasteiger partial charge in [0.2, 0.25) is 5.91 Å². The van der Waals surface area contributed by atoms with Crippen LogP contribution in [0.1, 0.15) is 0 Å². The molecule has 2 aliphatic heterocycles. The van der Waals surface area contributed by atoms with E-state index < -0.39 is 0 Å². The van der Waals surface area contributed by atoms with Crippen molar-refractivity contribution >= 4 is 50.0 Å². The summed E-state index contributed by atoms with van der Waals surface area (Å²) in [5, 5.41) is 7.21. The average molecular weight is 350 g/mol. The Balaban J connectivity index is 1.51. The van der Waals surface area contributed by atoms with E-state index in [1.165, 1.54) is 0 Å². The van der Waals surface area contributed by atoms with Crippen molar-refractivity contribution in [2.45, 2.75) is 6.04 Å². The van der Waals surface area contributed by atoms with Crippen LogP contribution in [0, 0.1) is 0 Å². The predicted octanol–water partition coefficient (Wildman–Crippen LogP) is 1.73. The van der Waals surface area contributed by atoms with Crippen molar-refractivity contribution < 1.29 is 9.53 Å². The summed E-state index contributed by atoms with van der Waals surface area (Å²) in [6, 6.07) is 5.81. The number of benzene rings is 1. The van der Waals surface area contributed by atoms with Gasteiger partial charge in [-0.15, -0.1) is 11.8 Å². The van der Waals surface area contributed by atoms with Gasteiger partial charge in [0.05, 0.1) is 29.5 Å². The second kappa shape index (κ2) is 6.64. The summed E-state index contributed by atoms with van der Waals surface area (Å²) in [6.07, 6.45) is 0. The van der Waals surface area contributed by atoms with E-state index in [9.17, 15) is 4.79 Å². The molecule has 0 spiro atoms. The lowest BCUT2D eigenvalue weighted by atomic mass is 10.2. The van der Waals surface area contributed by atoms with Crippen LogP contribution >= 0.6 is 23.1 Å². The molecule has 1 amide bonds. The molecule has 23 heavy (non-hydrogen) atoms. The Kier molecular flexibility index (Phi) is 4.39. The largest absolute Gasteiger partial charge is 0.378 e. The Hall–Kier alpha value is -1.35. The highest BCUT2D eigenvalue weighted by Crippen LogP contribution is 2.31. The number of carbonyl (C=O) groups is 1. The molecule has 0 radical (unpaired) electrons. The van der Waals surface area contributed by atoms with Gasteiger partial charge >= 0.3 is 0 Å². The minimum Gasteiger partial charge on any atom is -0.378 e. The average Bonchev–Trinajstić information content (AvgIpc) is 3.25. The molecule has 0 aliphatic carbocycles. The van der Waals surface area contributed by atoms with Crippen LogP contribution in [-0.2, 0) is 9.53 Å². The van der Waals surface area contributed by atoms with Crippen LogP contribution in [0.5, 0.6) is 0 Å². The maximum atomic E-state index is 12.2. The third-order valence-electron chi connectivity index (χ3n) is 3.96. The first-order valence-electron chi connectivity index (χ1n) is 7.65. The van der Waals surface area contributed by atoms with Crippen molar-refractivity contribution in [1.82, 2.24) is 10.3 Å². The summed E-state index contributed by atoms with van der Waals surface area (Å²) < 4.78 is 6.48. The molecular weight excluding hydrogens is 332 g/mol. The highest BCUT2D eigenvalue weighted by molar-refractivity contribution is 7.99. The highest BCUT2D eigenvalue weighted by Gasteiger charge is 2.22. The number of fused-ring (bicyclic) bond motifs is 1. The number of carbonyl (C=O) groups excluding carboxylic acids is 1. The Morgan fingerprint density at radius 2 is 2.26 bits per heavy atom. The maximum absolute atomic E-state index is 12.2. The number of rotatable bonds is 3. The van der Waals surface area contributed by atoms with E-state index in [4.69, 9.17) is 9.72 Å². The molecule has 122 valence electrons. The Bertz CT molecular complexity index is 709. The number of anilines is 2. The van der Waals surface area contributed by atoms with Gasteiger partial charge in [-0.3, -0.25) is 10.1 Å². The third kappa shape index (κ3) is 3.30. The van der Waals surface area contributed by atoms with Crippen LogP contribution in [0.15, 0.2) is 18.2 Å². The quantitative estimate of drug-likeness (QED) is 0.879. The van der Waals surface area contributed by atoms with Crippen LogP contribution in [0.2, 0.25) is 0 Å². The van der Waals surface area contributed by atoms with E-state index in [0.29, 0.717) is 0 Å². The van der Waals surface area contributed by atoms with E-state index in [1.807, 2.05) is 18.2 Å². The van der Waals surface area contributed by atoms with Crippen molar-refractivity contribution in [3.8, 4) is 0 Å². The molecule has 6 nitrogen and oxygen atoms in total. The lowest BCUT2D eigenvalue weighted by molar-refractivity contribution is -0.117. The molecule has 0 bridgehead atoms. The minimum atomic E-state index is -0.0962. The fourth-order valence-corrected chi connectivity index (χ4v) is 4.67. The second-order valence-electron chi connectivity index (χ2n) is 5.54. The lowest BCUT2D eigenvalue weighted by Crippen LogP contribution is -2.37. The third-order valence-corrected chi connectivity index (χ3v) is 5.98. The lowest BCUT2D eigenvalue weighted by Gasteiger charge is -2.25. The summed E-state index contributed by atoms with van der Waals surface area (Å²) in [4.78, 5) is 19.1. The summed E-state index contributed by atoms with van der Waals surface area (Å²) in [5.74, 6) is 1.71. The summed E-state index contributed by atoms with van der Waals surface area (Å²) >= 11 is 3.41. The van der Waals surface area contributed by atoms with Gasteiger partial charge in [-0.05, 0) is 18.2 Å². The zero-order valence-corrected chi connectivity index (χ0v) is 14.2. The van der Waals surface area contributed by atoms with Crippen LogP contribution in [0.3, 0.4) is 0 Å². The molecule has 3 heterocycles. The summed E-state index contributed by atoms with van der Waals surface area (Å²) in [5.41, 5.74) is 1.81. The fourth-order valence-electron chi connectivity index (χ4n) is 2.67. The van der Waals surface area contributed by atoms with Gasteiger partial charge in [0, 0.05) is 30.4 Å². The van der Waals surface area contributed by atoms with Gasteiger partial charge in [0.25, 0.3) is 0 Å². The number of amides is 1. The zero-order valence-electron chi connectivity index (χ0n) is 12.6. The molecule has 1 atom stereocenters. The van der Waals surface area contributed by atoms with Crippen molar-refractivity contribution in [2.75, 3.05) is 48.1 Å². The van der Waals surface area contributed by atoms with Gasteiger partial charge in [-0.1, -0.05) is 11.3 Å². The molecule has 2 aliphatic rings. The Labute approximate surface area is 142 Å². The highest BCUT2D eigenvalue weighted by atomic mass is 32.2.